The molecule has 0 aromatic heterocycles. The average molecular weight is 254 g/mol. The Morgan fingerprint density at radius 3 is 2.20 bits per heavy atom. The van der Waals surface area contributed by atoms with Gasteiger partial charge in [0.05, 0.1) is 4.90 Å². The van der Waals surface area contributed by atoms with Crippen molar-refractivity contribution in [2.75, 3.05) is 5.75 Å². The van der Waals surface area contributed by atoms with Gasteiger partial charge in [-0.25, -0.2) is 8.42 Å². The molecule has 0 amide bonds. The third-order valence-corrected chi connectivity index (χ3v) is 3.31. The van der Waals surface area contributed by atoms with Crippen LogP contribution in [-0.2, 0) is 14.6 Å². The molecule has 0 bridgehead atoms. The van der Waals surface area contributed by atoms with Crippen LogP contribution in [0.5, 0.6) is 0 Å². The quantitative estimate of drug-likeness (QED) is 0.632. The fraction of sp³-hybridized carbons (Fsp3) is 0.222. The van der Waals surface area contributed by atoms with Crippen molar-refractivity contribution in [2.45, 2.75) is 11.8 Å². The van der Waals surface area contributed by atoms with E-state index >= 15 is 0 Å². The molecule has 0 heterocycles. The number of sulfone groups is 1. The van der Waals surface area contributed by atoms with Crippen LogP contribution in [0.15, 0.2) is 29.2 Å². The Morgan fingerprint density at radius 1 is 1.33 bits per heavy atom. The van der Waals surface area contributed by atoms with Gasteiger partial charge in [-0.2, -0.15) is 0 Å². The van der Waals surface area contributed by atoms with E-state index in [2.05, 4.69) is 0 Å². The fourth-order valence-corrected chi connectivity index (χ4v) is 2.03. The molecule has 0 saturated heterocycles. The zero-order valence-corrected chi connectivity index (χ0v) is 12.5. The van der Waals surface area contributed by atoms with Crippen LogP contribution in [0.3, 0.4) is 0 Å². The summed E-state index contributed by atoms with van der Waals surface area (Å²) in [7, 11) is -3.68. The van der Waals surface area contributed by atoms with E-state index in [1.807, 2.05) is 6.92 Å². The summed E-state index contributed by atoms with van der Waals surface area (Å²) in [4.78, 5) is 10.3. The smallest absolute Gasteiger partial charge is 1.00 e. The summed E-state index contributed by atoms with van der Waals surface area (Å²) in [6, 6.07) is 6.09. The Kier molecular flexibility index (Phi) is 6.23. The van der Waals surface area contributed by atoms with E-state index in [4.69, 9.17) is 5.11 Å². The van der Waals surface area contributed by atoms with Gasteiger partial charge in [0.15, 0.2) is 15.6 Å². The van der Waals surface area contributed by atoms with E-state index in [0.717, 1.165) is 5.56 Å². The van der Waals surface area contributed by atoms with Crippen molar-refractivity contribution in [1.29, 1.82) is 0 Å². The van der Waals surface area contributed by atoms with Crippen molar-refractivity contribution in [2.24, 2.45) is 0 Å². The van der Waals surface area contributed by atoms with Crippen molar-refractivity contribution in [3.8, 4) is 0 Å². The van der Waals surface area contributed by atoms with E-state index in [9.17, 15) is 13.2 Å². The number of hydrogen-bond acceptors (Lipinski definition) is 3. The standard InChI is InChI=1S/C9H10O4S.K.H/c1-7-2-4-8(5-3-7)14(12,13)6-9(10)11;;/h2-5H,6H2,1H3,(H,10,11);;/q;+1;-1. The SMILES string of the molecule is Cc1ccc(S(=O)(=O)CC(=O)O)cc1.[H-].[K+]. The Hall–Kier alpha value is 0.276. The molecule has 1 rings (SSSR count). The van der Waals surface area contributed by atoms with Crippen molar-refractivity contribution in [1.82, 2.24) is 0 Å². The van der Waals surface area contributed by atoms with Gasteiger partial charge in [0, 0.05) is 0 Å². The number of carboxylic acid groups (broad SMARTS) is 1. The van der Waals surface area contributed by atoms with E-state index in [-0.39, 0.29) is 57.7 Å². The number of aliphatic carboxylic acids is 1. The Morgan fingerprint density at radius 2 is 1.80 bits per heavy atom. The van der Waals surface area contributed by atoms with E-state index in [1.165, 1.54) is 12.1 Å². The van der Waals surface area contributed by atoms with Gasteiger partial charge in [-0.1, -0.05) is 17.7 Å². The van der Waals surface area contributed by atoms with Crippen LogP contribution in [0.4, 0.5) is 0 Å². The zero-order valence-electron chi connectivity index (χ0n) is 9.60. The number of hydrogen-bond donors (Lipinski definition) is 1. The minimum absolute atomic E-state index is 0. The number of carbonyl (C=O) groups is 1. The van der Waals surface area contributed by atoms with Gasteiger partial charge in [0.25, 0.3) is 0 Å². The first-order chi connectivity index (χ1) is 6.42. The Labute approximate surface area is 133 Å². The maximum Gasteiger partial charge on any atom is 1.00 e. The number of aryl methyl sites for hydroxylation is 1. The molecule has 4 nitrogen and oxygen atoms in total. The van der Waals surface area contributed by atoms with E-state index < -0.39 is 21.6 Å². The number of carboxylic acids is 1. The zero-order chi connectivity index (χ0) is 10.8. The molecule has 0 aliphatic carbocycles. The molecule has 0 saturated carbocycles. The number of rotatable bonds is 3. The molecule has 0 fully saturated rings. The van der Waals surface area contributed by atoms with Gasteiger partial charge < -0.3 is 6.53 Å². The molecule has 0 unspecified atom stereocenters. The van der Waals surface area contributed by atoms with Crippen LogP contribution in [0.2, 0.25) is 0 Å². The van der Waals surface area contributed by atoms with Crippen molar-refractivity contribution >= 4 is 15.8 Å². The predicted octanol–water partition coefficient (Wildman–Crippen LogP) is -2.03. The topological polar surface area (TPSA) is 71.4 Å². The van der Waals surface area contributed by atoms with Crippen LogP contribution >= 0.6 is 0 Å². The molecule has 0 aliphatic rings. The summed E-state index contributed by atoms with van der Waals surface area (Å²) < 4.78 is 22.7. The van der Waals surface area contributed by atoms with E-state index in [1.54, 1.807) is 12.1 Å². The van der Waals surface area contributed by atoms with Gasteiger partial charge in [-0.3, -0.25) is 4.79 Å². The largest absolute Gasteiger partial charge is 1.00 e. The molecule has 1 aromatic rings. The summed E-state index contributed by atoms with van der Waals surface area (Å²) in [5.41, 5.74) is 0.930. The summed E-state index contributed by atoms with van der Waals surface area (Å²) in [6.07, 6.45) is 0. The van der Waals surface area contributed by atoms with Crippen LogP contribution < -0.4 is 51.4 Å². The molecule has 0 radical (unpaired) electrons. The normalized spacial score (nSPS) is 10.5. The Bertz CT molecular complexity index is 441. The van der Waals surface area contributed by atoms with Gasteiger partial charge in [0.2, 0.25) is 0 Å². The van der Waals surface area contributed by atoms with Crippen molar-refractivity contribution < 1.29 is 71.1 Å². The monoisotopic (exact) mass is 254 g/mol. The fourth-order valence-electron chi connectivity index (χ4n) is 0.991. The first-order valence-corrected chi connectivity index (χ1v) is 5.58. The van der Waals surface area contributed by atoms with Gasteiger partial charge in [0.1, 0.15) is 0 Å². The third-order valence-electron chi connectivity index (χ3n) is 1.69. The molecule has 15 heavy (non-hydrogen) atoms. The second kappa shape index (κ2) is 6.12. The van der Waals surface area contributed by atoms with Crippen molar-refractivity contribution in [3.05, 3.63) is 29.8 Å². The summed E-state index contributed by atoms with van der Waals surface area (Å²) in [5, 5.41) is 8.39. The van der Waals surface area contributed by atoms with Crippen molar-refractivity contribution in [3.63, 3.8) is 0 Å². The minimum Gasteiger partial charge on any atom is -1.00 e. The second-order valence-corrected chi connectivity index (χ2v) is 4.96. The first kappa shape index (κ1) is 15.3. The second-order valence-electron chi connectivity index (χ2n) is 2.97. The minimum atomic E-state index is -3.68. The summed E-state index contributed by atoms with van der Waals surface area (Å²) >= 11 is 0. The van der Waals surface area contributed by atoms with Gasteiger partial charge in [-0.05, 0) is 19.1 Å². The average Bonchev–Trinajstić information content (AvgIpc) is 2.02. The molecule has 0 spiro atoms. The maximum atomic E-state index is 11.4. The van der Waals surface area contributed by atoms with Crippen LogP contribution in [0.1, 0.15) is 6.99 Å². The molecule has 6 heteroatoms. The molecule has 78 valence electrons. The molecule has 1 aromatic carbocycles. The molecule has 0 aliphatic heterocycles. The molecule has 1 N–H and O–H groups in total. The van der Waals surface area contributed by atoms with E-state index in [0.29, 0.717) is 0 Å². The first-order valence-electron chi connectivity index (χ1n) is 3.93. The Balaban J connectivity index is 0. The summed E-state index contributed by atoms with van der Waals surface area (Å²) in [5.74, 6) is -2.21. The molecule has 0 atom stereocenters. The number of benzene rings is 1. The van der Waals surface area contributed by atoms with Crippen LogP contribution in [-0.4, -0.2) is 25.2 Å². The van der Waals surface area contributed by atoms with Crippen LogP contribution in [0, 0.1) is 6.92 Å². The van der Waals surface area contributed by atoms with Gasteiger partial charge >= 0.3 is 57.4 Å². The van der Waals surface area contributed by atoms with Gasteiger partial charge in [-0.15, -0.1) is 0 Å². The third kappa shape index (κ3) is 4.75. The molecular formula is C9H11KO4S. The maximum absolute atomic E-state index is 11.4. The van der Waals surface area contributed by atoms with Crippen LogP contribution in [0.25, 0.3) is 0 Å². The summed E-state index contributed by atoms with van der Waals surface area (Å²) in [6.45, 7) is 1.83. The predicted molar refractivity (Wildman–Crippen MR) is 52.0 cm³/mol. The molecular weight excluding hydrogens is 243 g/mol.